The van der Waals surface area contributed by atoms with E-state index < -0.39 is 16.1 Å². The van der Waals surface area contributed by atoms with Crippen LogP contribution in [0.25, 0.3) is 0 Å². The molecule has 3 rings (SSSR count). The highest BCUT2D eigenvalue weighted by Crippen LogP contribution is 2.30. The molecule has 2 fully saturated rings. The van der Waals surface area contributed by atoms with E-state index in [1.54, 1.807) is 24.3 Å². The van der Waals surface area contributed by atoms with E-state index in [0.717, 1.165) is 30.4 Å². The molecule has 0 aromatic heterocycles. The summed E-state index contributed by atoms with van der Waals surface area (Å²) >= 11 is 3.32. The van der Waals surface area contributed by atoms with Crippen LogP contribution in [0.4, 0.5) is 0 Å². The van der Waals surface area contributed by atoms with Crippen LogP contribution in [0.1, 0.15) is 33.1 Å². The lowest BCUT2D eigenvalue weighted by atomic mass is 9.91. The van der Waals surface area contributed by atoms with Gasteiger partial charge in [0.15, 0.2) is 0 Å². The number of halogens is 1. The summed E-state index contributed by atoms with van der Waals surface area (Å²) in [4.78, 5) is 15.2. The molecular weight excluding hydrogens is 404 g/mol. The predicted molar refractivity (Wildman–Crippen MR) is 101 cm³/mol. The topological polar surface area (TPSA) is 57.7 Å². The van der Waals surface area contributed by atoms with Gasteiger partial charge in [-0.25, -0.2) is 8.42 Å². The maximum Gasteiger partial charge on any atom is 0.243 e. The van der Waals surface area contributed by atoms with Crippen LogP contribution in [0, 0.1) is 11.8 Å². The number of benzene rings is 1. The zero-order chi connectivity index (χ0) is 18.2. The van der Waals surface area contributed by atoms with E-state index in [-0.39, 0.29) is 10.8 Å². The van der Waals surface area contributed by atoms with Crippen molar-refractivity contribution in [1.29, 1.82) is 0 Å². The zero-order valence-corrected chi connectivity index (χ0v) is 17.1. The molecule has 0 N–H and O–H groups in total. The summed E-state index contributed by atoms with van der Waals surface area (Å²) in [5.41, 5.74) is 0. The molecule has 1 aromatic rings. The minimum atomic E-state index is -3.65. The number of carbonyl (C=O) groups is 1. The average molecular weight is 429 g/mol. The van der Waals surface area contributed by atoms with Crippen LogP contribution in [0.3, 0.4) is 0 Å². The van der Waals surface area contributed by atoms with Crippen molar-refractivity contribution < 1.29 is 13.2 Å². The van der Waals surface area contributed by atoms with Crippen LogP contribution in [0.5, 0.6) is 0 Å². The van der Waals surface area contributed by atoms with Gasteiger partial charge in [0.1, 0.15) is 6.04 Å². The molecule has 2 aliphatic heterocycles. The van der Waals surface area contributed by atoms with Gasteiger partial charge in [-0.3, -0.25) is 4.79 Å². The Labute approximate surface area is 158 Å². The second-order valence-corrected chi connectivity index (χ2v) is 10.2. The molecule has 25 heavy (non-hydrogen) atoms. The Hall–Kier alpha value is -0.920. The highest BCUT2D eigenvalue weighted by molar-refractivity contribution is 9.10. The van der Waals surface area contributed by atoms with E-state index in [9.17, 15) is 13.2 Å². The summed E-state index contributed by atoms with van der Waals surface area (Å²) in [6.07, 6.45) is 2.45. The Kier molecular flexibility index (Phi) is 5.56. The summed E-state index contributed by atoms with van der Waals surface area (Å²) in [5, 5.41) is 0. The van der Waals surface area contributed by atoms with Gasteiger partial charge in [-0.05, 0) is 55.4 Å². The Morgan fingerprint density at radius 3 is 2.32 bits per heavy atom. The third kappa shape index (κ3) is 3.93. The zero-order valence-electron chi connectivity index (χ0n) is 14.7. The Balaban J connectivity index is 1.82. The van der Waals surface area contributed by atoms with Gasteiger partial charge in [-0.15, -0.1) is 0 Å². The number of sulfonamides is 1. The number of piperidine rings is 1. The Morgan fingerprint density at radius 1 is 1.12 bits per heavy atom. The minimum Gasteiger partial charge on any atom is -0.341 e. The molecule has 1 amide bonds. The fourth-order valence-electron chi connectivity index (χ4n) is 4.07. The number of carbonyl (C=O) groups excluding carboxylic acids is 1. The molecule has 3 atom stereocenters. The third-order valence-corrected chi connectivity index (χ3v) is 7.54. The number of amides is 1. The summed E-state index contributed by atoms with van der Waals surface area (Å²) in [5.74, 6) is 0.896. The van der Waals surface area contributed by atoms with E-state index in [1.807, 2.05) is 4.90 Å². The van der Waals surface area contributed by atoms with Gasteiger partial charge in [0.2, 0.25) is 15.9 Å². The molecule has 2 aliphatic rings. The first-order chi connectivity index (χ1) is 11.8. The number of rotatable bonds is 3. The van der Waals surface area contributed by atoms with Crippen molar-refractivity contribution in [3.8, 4) is 0 Å². The first kappa shape index (κ1) is 18.9. The molecule has 138 valence electrons. The van der Waals surface area contributed by atoms with Crippen molar-refractivity contribution in [3.63, 3.8) is 0 Å². The van der Waals surface area contributed by atoms with Crippen molar-refractivity contribution >= 4 is 31.9 Å². The fraction of sp³-hybridized carbons (Fsp3) is 0.611. The monoisotopic (exact) mass is 428 g/mol. The van der Waals surface area contributed by atoms with Crippen LogP contribution in [0.2, 0.25) is 0 Å². The van der Waals surface area contributed by atoms with E-state index in [1.165, 1.54) is 4.31 Å². The number of hydrogen-bond donors (Lipinski definition) is 0. The van der Waals surface area contributed by atoms with Gasteiger partial charge in [0.05, 0.1) is 4.90 Å². The van der Waals surface area contributed by atoms with Crippen molar-refractivity contribution in [2.75, 3.05) is 19.6 Å². The van der Waals surface area contributed by atoms with E-state index in [0.29, 0.717) is 24.8 Å². The van der Waals surface area contributed by atoms with Crippen LogP contribution in [-0.4, -0.2) is 49.2 Å². The molecule has 0 saturated carbocycles. The van der Waals surface area contributed by atoms with Gasteiger partial charge in [0, 0.05) is 24.1 Å². The summed E-state index contributed by atoms with van der Waals surface area (Å²) < 4.78 is 28.3. The molecule has 2 saturated heterocycles. The first-order valence-electron chi connectivity index (χ1n) is 8.85. The maximum atomic E-state index is 13.0. The normalized spacial score (nSPS) is 28.3. The molecule has 0 bridgehead atoms. The van der Waals surface area contributed by atoms with E-state index >= 15 is 0 Å². The Bertz CT molecular complexity index is 725. The van der Waals surface area contributed by atoms with Gasteiger partial charge in [0.25, 0.3) is 0 Å². The highest BCUT2D eigenvalue weighted by atomic mass is 79.9. The van der Waals surface area contributed by atoms with Gasteiger partial charge >= 0.3 is 0 Å². The van der Waals surface area contributed by atoms with Crippen LogP contribution >= 0.6 is 15.9 Å². The molecule has 1 aromatic carbocycles. The van der Waals surface area contributed by atoms with Crippen molar-refractivity contribution in [2.45, 2.75) is 44.0 Å². The smallest absolute Gasteiger partial charge is 0.243 e. The first-order valence-corrected chi connectivity index (χ1v) is 11.1. The summed E-state index contributed by atoms with van der Waals surface area (Å²) in [7, 11) is -3.65. The SMILES string of the molecule is CC1CC(C)CN(C(=O)C2CCCN2S(=O)(=O)c2ccc(Br)cc2)C1. The third-order valence-electron chi connectivity index (χ3n) is 5.09. The maximum absolute atomic E-state index is 13.0. The average Bonchev–Trinajstić information content (AvgIpc) is 3.04. The largest absolute Gasteiger partial charge is 0.341 e. The van der Waals surface area contributed by atoms with Crippen molar-refractivity contribution in [3.05, 3.63) is 28.7 Å². The molecule has 2 heterocycles. The molecule has 7 heteroatoms. The van der Waals surface area contributed by atoms with E-state index in [2.05, 4.69) is 29.8 Å². The van der Waals surface area contributed by atoms with Crippen LogP contribution < -0.4 is 0 Å². The van der Waals surface area contributed by atoms with Gasteiger partial charge in [-0.2, -0.15) is 4.31 Å². The van der Waals surface area contributed by atoms with Crippen LogP contribution in [-0.2, 0) is 14.8 Å². The molecule has 3 unspecified atom stereocenters. The second-order valence-electron chi connectivity index (χ2n) is 7.42. The molecular formula is C18H25BrN2O3S. The molecule has 0 spiro atoms. The molecule has 0 radical (unpaired) electrons. The van der Waals surface area contributed by atoms with Crippen molar-refractivity contribution in [1.82, 2.24) is 9.21 Å². The highest BCUT2D eigenvalue weighted by Gasteiger charge is 2.42. The number of likely N-dealkylation sites (tertiary alicyclic amines) is 1. The van der Waals surface area contributed by atoms with Gasteiger partial charge in [-0.1, -0.05) is 29.8 Å². The van der Waals surface area contributed by atoms with E-state index in [4.69, 9.17) is 0 Å². The lowest BCUT2D eigenvalue weighted by Gasteiger charge is -2.37. The quantitative estimate of drug-likeness (QED) is 0.742. The van der Waals surface area contributed by atoms with Crippen molar-refractivity contribution in [2.24, 2.45) is 11.8 Å². The predicted octanol–water partition coefficient (Wildman–Crippen LogP) is 3.11. The lowest BCUT2D eigenvalue weighted by molar-refractivity contribution is -0.137. The number of hydrogen-bond acceptors (Lipinski definition) is 3. The Morgan fingerprint density at radius 2 is 1.72 bits per heavy atom. The summed E-state index contributed by atoms with van der Waals surface area (Å²) in [6, 6.07) is 6.04. The minimum absolute atomic E-state index is 0.0309. The van der Waals surface area contributed by atoms with Crippen LogP contribution in [0.15, 0.2) is 33.6 Å². The molecule has 5 nitrogen and oxygen atoms in total. The standard InChI is InChI=1S/C18H25BrN2O3S/c1-13-10-14(2)12-20(11-13)18(22)17-4-3-9-21(17)25(23,24)16-7-5-15(19)6-8-16/h5-8,13-14,17H,3-4,9-12H2,1-2H3. The fourth-order valence-corrected chi connectivity index (χ4v) is 5.99. The second kappa shape index (κ2) is 7.37. The van der Waals surface area contributed by atoms with Gasteiger partial charge < -0.3 is 4.90 Å². The number of nitrogens with zero attached hydrogens (tertiary/aromatic N) is 2. The lowest BCUT2D eigenvalue weighted by Crippen LogP contribution is -2.51. The molecule has 0 aliphatic carbocycles. The summed E-state index contributed by atoms with van der Waals surface area (Å²) in [6.45, 7) is 6.17.